The third-order valence-electron chi connectivity index (χ3n) is 14.2. The van der Waals surface area contributed by atoms with E-state index in [2.05, 4.69) is 142 Å². The Morgan fingerprint density at radius 3 is 0.775 bits per heavy atom. The molecular formula is C74H124O6. The quantitative estimate of drug-likeness (QED) is 0.0261. The molecule has 0 fully saturated rings. The fourth-order valence-corrected chi connectivity index (χ4v) is 9.22. The van der Waals surface area contributed by atoms with Crippen molar-refractivity contribution in [3.63, 3.8) is 0 Å². The van der Waals surface area contributed by atoms with Gasteiger partial charge in [0.05, 0.1) is 0 Å². The lowest BCUT2D eigenvalue weighted by atomic mass is 10.0. The minimum Gasteiger partial charge on any atom is -0.462 e. The van der Waals surface area contributed by atoms with Crippen molar-refractivity contribution in [3.05, 3.63) is 122 Å². The number of allylic oxidation sites excluding steroid dienone is 20. The third kappa shape index (κ3) is 64.6. The molecule has 0 aliphatic carbocycles. The number of hydrogen-bond acceptors (Lipinski definition) is 6. The number of unbranched alkanes of at least 4 members (excludes halogenated alkanes) is 29. The fourth-order valence-electron chi connectivity index (χ4n) is 9.22. The van der Waals surface area contributed by atoms with E-state index in [1.807, 2.05) is 0 Å². The summed E-state index contributed by atoms with van der Waals surface area (Å²) in [6.07, 6.45) is 93.5. The van der Waals surface area contributed by atoms with E-state index in [4.69, 9.17) is 14.2 Å². The standard InChI is InChI=1S/C74H124O6/c1-4-7-10-13-16-19-22-25-27-29-31-33-35-36-37-38-40-41-43-45-47-49-52-55-58-61-64-67-73(76)79-70-71(69-78-72(75)66-63-60-57-54-51-24-21-18-15-12-9-6-3)80-74(77)68-65-62-59-56-53-50-48-46-44-42-39-34-32-30-28-26-23-20-17-14-11-8-5-2/h7-8,10-11,16-21,25-28,31-34,36-37,71H,4-6,9,12-15,22-24,29-30,35,38-70H2,1-3H3/b10-7-,11-8-,19-16-,20-17-,21-18-,27-25-,28-26-,33-31-,34-32-,37-36-. The summed E-state index contributed by atoms with van der Waals surface area (Å²) in [5, 5.41) is 0. The van der Waals surface area contributed by atoms with Crippen LogP contribution >= 0.6 is 0 Å². The van der Waals surface area contributed by atoms with Gasteiger partial charge >= 0.3 is 17.9 Å². The first-order valence-corrected chi connectivity index (χ1v) is 33.5. The first kappa shape index (κ1) is 75.8. The lowest BCUT2D eigenvalue weighted by Crippen LogP contribution is -2.30. The topological polar surface area (TPSA) is 78.9 Å². The monoisotopic (exact) mass is 1110 g/mol. The Labute approximate surface area is 494 Å². The Morgan fingerprint density at radius 1 is 0.263 bits per heavy atom. The summed E-state index contributed by atoms with van der Waals surface area (Å²) < 4.78 is 16.9. The molecule has 0 heterocycles. The van der Waals surface area contributed by atoms with Crippen LogP contribution in [0.15, 0.2) is 122 Å². The summed E-state index contributed by atoms with van der Waals surface area (Å²) in [5.74, 6) is -0.893. The van der Waals surface area contributed by atoms with Crippen molar-refractivity contribution >= 4 is 17.9 Å². The van der Waals surface area contributed by atoms with Crippen molar-refractivity contribution in [1.29, 1.82) is 0 Å². The highest BCUT2D eigenvalue weighted by Gasteiger charge is 2.19. The number of carbonyl (C=O) groups is 3. The van der Waals surface area contributed by atoms with Crippen molar-refractivity contribution in [2.24, 2.45) is 0 Å². The molecule has 0 spiro atoms. The summed E-state index contributed by atoms with van der Waals surface area (Å²) in [6.45, 7) is 6.40. The van der Waals surface area contributed by atoms with Gasteiger partial charge in [-0.15, -0.1) is 0 Å². The molecule has 0 bridgehead atoms. The maximum Gasteiger partial charge on any atom is 0.306 e. The Bertz CT molecular complexity index is 1650. The van der Waals surface area contributed by atoms with Gasteiger partial charge in [-0.2, -0.15) is 0 Å². The lowest BCUT2D eigenvalue weighted by Gasteiger charge is -2.18. The second-order valence-electron chi connectivity index (χ2n) is 22.0. The van der Waals surface area contributed by atoms with Crippen LogP contribution in [0, 0.1) is 0 Å². The summed E-state index contributed by atoms with van der Waals surface area (Å²) in [7, 11) is 0. The highest BCUT2D eigenvalue weighted by Crippen LogP contribution is 2.16. The van der Waals surface area contributed by atoms with Gasteiger partial charge in [0.15, 0.2) is 6.10 Å². The number of hydrogen-bond donors (Lipinski definition) is 0. The lowest BCUT2D eigenvalue weighted by molar-refractivity contribution is -0.167. The minimum atomic E-state index is -0.789. The molecule has 0 aromatic heterocycles. The SMILES string of the molecule is CC/C=C\C/C=C\C/C=C\C/C=C\C/C=C\CCCCCCCCCCCCCC(=O)OCC(COC(=O)CCCCCCC/C=C\CCCCC)OC(=O)CCCCCCCCCCCC/C=C\C/C=C\C/C=C\C/C=C\CC. The van der Waals surface area contributed by atoms with Crippen LogP contribution in [-0.4, -0.2) is 37.2 Å². The van der Waals surface area contributed by atoms with Gasteiger partial charge in [0, 0.05) is 19.3 Å². The van der Waals surface area contributed by atoms with Gasteiger partial charge in [-0.1, -0.05) is 284 Å². The molecule has 0 rings (SSSR count). The van der Waals surface area contributed by atoms with E-state index < -0.39 is 6.10 Å². The maximum absolute atomic E-state index is 12.9. The van der Waals surface area contributed by atoms with Crippen molar-refractivity contribution in [2.45, 2.75) is 316 Å². The molecule has 6 nitrogen and oxygen atoms in total. The third-order valence-corrected chi connectivity index (χ3v) is 14.2. The molecule has 0 amide bonds. The van der Waals surface area contributed by atoms with Gasteiger partial charge in [0.1, 0.15) is 13.2 Å². The van der Waals surface area contributed by atoms with Gasteiger partial charge in [0.2, 0.25) is 0 Å². The van der Waals surface area contributed by atoms with Crippen molar-refractivity contribution in [3.8, 4) is 0 Å². The summed E-state index contributed by atoms with van der Waals surface area (Å²) in [4.78, 5) is 38.4. The number of esters is 3. The molecule has 0 aliphatic rings. The Hall–Kier alpha value is -4.19. The first-order valence-electron chi connectivity index (χ1n) is 33.5. The van der Waals surface area contributed by atoms with E-state index >= 15 is 0 Å². The summed E-state index contributed by atoms with van der Waals surface area (Å²) in [6, 6.07) is 0. The summed E-state index contributed by atoms with van der Waals surface area (Å²) in [5.41, 5.74) is 0. The van der Waals surface area contributed by atoms with Crippen LogP contribution in [0.2, 0.25) is 0 Å². The smallest absolute Gasteiger partial charge is 0.306 e. The zero-order valence-electron chi connectivity index (χ0n) is 52.3. The second-order valence-corrected chi connectivity index (χ2v) is 22.0. The molecule has 1 atom stereocenters. The van der Waals surface area contributed by atoms with Gasteiger partial charge in [-0.05, 0) is 128 Å². The van der Waals surface area contributed by atoms with Crippen molar-refractivity contribution in [1.82, 2.24) is 0 Å². The predicted molar refractivity (Wildman–Crippen MR) is 348 cm³/mol. The molecule has 0 radical (unpaired) electrons. The predicted octanol–water partition coefficient (Wildman–Crippen LogP) is 23.2. The zero-order valence-corrected chi connectivity index (χ0v) is 52.3. The summed E-state index contributed by atoms with van der Waals surface area (Å²) >= 11 is 0. The van der Waals surface area contributed by atoms with Gasteiger partial charge in [-0.3, -0.25) is 14.4 Å². The maximum atomic E-state index is 12.9. The molecule has 0 aliphatic heterocycles. The highest BCUT2D eigenvalue weighted by atomic mass is 16.6. The fraction of sp³-hybridized carbons (Fsp3) is 0.689. The number of carbonyl (C=O) groups excluding carboxylic acids is 3. The van der Waals surface area contributed by atoms with E-state index in [0.717, 1.165) is 122 Å². The van der Waals surface area contributed by atoms with E-state index in [9.17, 15) is 14.4 Å². The molecule has 0 aromatic rings. The van der Waals surface area contributed by atoms with Crippen LogP contribution in [0.4, 0.5) is 0 Å². The normalized spacial score (nSPS) is 12.9. The van der Waals surface area contributed by atoms with Crippen LogP contribution in [0.1, 0.15) is 310 Å². The van der Waals surface area contributed by atoms with Crippen LogP contribution in [0.3, 0.4) is 0 Å². The number of ether oxygens (including phenoxy) is 3. The molecular weight excluding hydrogens is 985 g/mol. The molecule has 0 saturated carbocycles. The first-order chi connectivity index (χ1) is 39.5. The van der Waals surface area contributed by atoms with Crippen LogP contribution in [-0.2, 0) is 28.6 Å². The van der Waals surface area contributed by atoms with Crippen LogP contribution in [0.5, 0.6) is 0 Å². The van der Waals surface area contributed by atoms with E-state index in [1.54, 1.807) is 0 Å². The molecule has 6 heteroatoms. The van der Waals surface area contributed by atoms with Gasteiger partial charge in [-0.25, -0.2) is 0 Å². The Morgan fingerprint density at radius 2 is 0.487 bits per heavy atom. The average Bonchev–Trinajstić information content (AvgIpc) is 3.46. The Kier molecular flexibility index (Phi) is 63.8. The highest BCUT2D eigenvalue weighted by molar-refractivity contribution is 5.71. The molecule has 0 aromatic carbocycles. The molecule has 0 saturated heterocycles. The zero-order chi connectivity index (χ0) is 57.8. The number of rotatable bonds is 60. The van der Waals surface area contributed by atoms with Gasteiger partial charge in [0.25, 0.3) is 0 Å². The van der Waals surface area contributed by atoms with E-state index in [0.29, 0.717) is 19.3 Å². The average molecular weight is 1110 g/mol. The molecule has 1 unspecified atom stereocenters. The minimum absolute atomic E-state index is 0.0846. The Balaban J connectivity index is 4.30. The molecule has 80 heavy (non-hydrogen) atoms. The van der Waals surface area contributed by atoms with E-state index in [1.165, 1.54) is 148 Å². The van der Waals surface area contributed by atoms with Crippen molar-refractivity contribution < 1.29 is 28.6 Å². The van der Waals surface area contributed by atoms with Gasteiger partial charge < -0.3 is 14.2 Å². The second kappa shape index (κ2) is 67.3. The van der Waals surface area contributed by atoms with E-state index in [-0.39, 0.29) is 31.1 Å². The molecule has 0 N–H and O–H groups in total. The van der Waals surface area contributed by atoms with Crippen molar-refractivity contribution in [2.75, 3.05) is 13.2 Å². The van der Waals surface area contributed by atoms with Crippen LogP contribution < -0.4 is 0 Å². The van der Waals surface area contributed by atoms with Crippen LogP contribution in [0.25, 0.3) is 0 Å². The largest absolute Gasteiger partial charge is 0.462 e. The molecule has 456 valence electrons.